The van der Waals surface area contributed by atoms with Crippen molar-refractivity contribution >= 4 is 6.09 Å². The Hall–Kier alpha value is -2.34. The number of cyclic esters (lactones) is 1. The van der Waals surface area contributed by atoms with Gasteiger partial charge < -0.3 is 14.8 Å². The third kappa shape index (κ3) is 3.21. The fourth-order valence-corrected chi connectivity index (χ4v) is 3.81. The molecule has 2 heterocycles. The number of aliphatic hydroxyl groups is 1. The molecule has 0 saturated carbocycles. The minimum absolute atomic E-state index is 0.264. The van der Waals surface area contributed by atoms with Crippen LogP contribution in [0.25, 0.3) is 0 Å². The number of amides is 1. The minimum atomic E-state index is -1.41. The molecule has 26 heavy (non-hydrogen) atoms. The molecule has 6 heteroatoms. The molecule has 1 fully saturated rings. The number of H-pyrrole nitrogens is 1. The third-order valence-corrected chi connectivity index (χ3v) is 5.55. The van der Waals surface area contributed by atoms with E-state index in [0.717, 1.165) is 11.3 Å². The lowest BCUT2D eigenvalue weighted by Crippen LogP contribution is -2.57. The van der Waals surface area contributed by atoms with Crippen molar-refractivity contribution in [3.05, 3.63) is 54.1 Å². The Balaban J connectivity index is 1.79. The second-order valence-corrected chi connectivity index (χ2v) is 8.02. The molecule has 0 spiro atoms. The molecule has 2 atom stereocenters. The van der Waals surface area contributed by atoms with Crippen molar-refractivity contribution < 1.29 is 14.6 Å². The zero-order valence-corrected chi connectivity index (χ0v) is 15.8. The molecule has 1 aliphatic heterocycles. The fourth-order valence-electron chi connectivity index (χ4n) is 3.81. The van der Waals surface area contributed by atoms with Gasteiger partial charge in [-0.3, -0.25) is 4.90 Å². The van der Waals surface area contributed by atoms with E-state index in [0.29, 0.717) is 19.4 Å². The van der Waals surface area contributed by atoms with E-state index < -0.39 is 17.4 Å². The average molecular weight is 357 g/mol. The number of rotatable bonds is 6. The molecule has 1 amide bonds. The quantitative estimate of drug-likeness (QED) is 0.832. The van der Waals surface area contributed by atoms with Crippen molar-refractivity contribution in [2.24, 2.45) is 0 Å². The Morgan fingerprint density at radius 2 is 1.96 bits per heavy atom. The Bertz CT molecular complexity index is 756. The molecule has 0 aliphatic carbocycles. The molecule has 0 radical (unpaired) electrons. The maximum absolute atomic E-state index is 12.5. The van der Waals surface area contributed by atoms with Crippen LogP contribution in [0.3, 0.4) is 0 Å². The Labute approximate surface area is 154 Å². The summed E-state index contributed by atoms with van der Waals surface area (Å²) in [5.41, 5.74) is -0.636. The lowest BCUT2D eigenvalue weighted by molar-refractivity contribution is -0.145. The molecular weight excluding hydrogens is 330 g/mol. The van der Waals surface area contributed by atoms with Gasteiger partial charge in [-0.1, -0.05) is 44.2 Å². The Morgan fingerprint density at radius 3 is 2.58 bits per heavy atom. The van der Waals surface area contributed by atoms with E-state index in [9.17, 15) is 9.90 Å². The van der Waals surface area contributed by atoms with Crippen LogP contribution in [-0.2, 0) is 16.6 Å². The summed E-state index contributed by atoms with van der Waals surface area (Å²) in [4.78, 5) is 20.9. The lowest BCUT2D eigenvalue weighted by atomic mass is 9.72. The van der Waals surface area contributed by atoms with E-state index >= 15 is 0 Å². The lowest BCUT2D eigenvalue weighted by Gasteiger charge is -2.42. The van der Waals surface area contributed by atoms with Gasteiger partial charge in [0.05, 0.1) is 6.33 Å². The third-order valence-electron chi connectivity index (χ3n) is 5.55. The number of nitrogens with one attached hydrogen (secondary N) is 1. The number of benzene rings is 1. The molecule has 1 aliphatic rings. The van der Waals surface area contributed by atoms with Crippen molar-refractivity contribution in [2.75, 3.05) is 6.54 Å². The molecule has 140 valence electrons. The highest BCUT2D eigenvalue weighted by atomic mass is 16.6. The van der Waals surface area contributed by atoms with Crippen LogP contribution in [0.15, 0.2) is 42.9 Å². The van der Waals surface area contributed by atoms with Crippen LogP contribution in [0.2, 0.25) is 0 Å². The number of hydrogen-bond donors (Lipinski definition) is 2. The molecule has 2 aromatic rings. The summed E-state index contributed by atoms with van der Waals surface area (Å²) in [6.07, 6.45) is 3.91. The molecular formula is C20H27N3O3. The Kier molecular flexibility index (Phi) is 4.56. The van der Waals surface area contributed by atoms with Gasteiger partial charge in [-0.15, -0.1) is 0 Å². The largest absolute Gasteiger partial charge is 0.438 e. The summed E-state index contributed by atoms with van der Waals surface area (Å²) in [6, 6.07) is 10.1. The molecule has 1 saturated heterocycles. The fraction of sp³-hybridized carbons (Fsp3) is 0.500. The first kappa shape index (κ1) is 18.5. The summed E-state index contributed by atoms with van der Waals surface area (Å²) in [6.45, 7) is 8.03. The van der Waals surface area contributed by atoms with Crippen LogP contribution in [0.4, 0.5) is 4.79 Å². The van der Waals surface area contributed by atoms with E-state index in [1.54, 1.807) is 19.4 Å². The number of imidazole rings is 1. The van der Waals surface area contributed by atoms with Crippen LogP contribution in [0, 0.1) is 0 Å². The van der Waals surface area contributed by atoms with Gasteiger partial charge in [0.1, 0.15) is 0 Å². The molecule has 3 rings (SSSR count). The smallest absolute Gasteiger partial charge is 0.412 e. The molecule has 0 bridgehead atoms. The maximum Gasteiger partial charge on any atom is 0.412 e. The van der Waals surface area contributed by atoms with Gasteiger partial charge in [-0.2, -0.15) is 0 Å². The van der Waals surface area contributed by atoms with Gasteiger partial charge >= 0.3 is 6.09 Å². The number of aromatic amines is 1. The molecule has 1 aromatic carbocycles. The van der Waals surface area contributed by atoms with Crippen LogP contribution >= 0.6 is 0 Å². The van der Waals surface area contributed by atoms with E-state index in [2.05, 4.69) is 35.9 Å². The standard InChI is InChI=1S/C20H27N3O3/c1-18(2,15-8-6-5-7-9-15)13-19(3)20(4,25)23(17(24)26-19)11-10-16-12-21-14-22-16/h5-9,12,14,25H,10-11,13H2,1-4H3,(H,21,22)/t19-,20+/m1/s1. The van der Waals surface area contributed by atoms with Crippen molar-refractivity contribution in [1.82, 2.24) is 14.9 Å². The van der Waals surface area contributed by atoms with Crippen LogP contribution < -0.4 is 0 Å². The van der Waals surface area contributed by atoms with Crippen LogP contribution in [0.1, 0.15) is 45.4 Å². The molecule has 1 aromatic heterocycles. The van der Waals surface area contributed by atoms with Crippen molar-refractivity contribution in [1.29, 1.82) is 0 Å². The van der Waals surface area contributed by atoms with E-state index in [4.69, 9.17) is 4.74 Å². The zero-order chi connectivity index (χ0) is 19.0. The number of ether oxygens (including phenoxy) is 1. The first-order valence-electron chi connectivity index (χ1n) is 8.91. The zero-order valence-electron chi connectivity index (χ0n) is 15.8. The maximum atomic E-state index is 12.5. The topological polar surface area (TPSA) is 78.5 Å². The summed E-state index contributed by atoms with van der Waals surface area (Å²) >= 11 is 0. The average Bonchev–Trinajstić information content (AvgIpc) is 3.13. The second-order valence-electron chi connectivity index (χ2n) is 8.02. The van der Waals surface area contributed by atoms with E-state index in [1.165, 1.54) is 4.90 Å². The van der Waals surface area contributed by atoms with Gasteiger partial charge in [0.25, 0.3) is 0 Å². The number of nitrogens with zero attached hydrogens (tertiary/aromatic N) is 2. The summed E-state index contributed by atoms with van der Waals surface area (Å²) in [5, 5.41) is 11.2. The van der Waals surface area contributed by atoms with Crippen molar-refractivity contribution in [3.8, 4) is 0 Å². The predicted molar refractivity (Wildman–Crippen MR) is 98.6 cm³/mol. The molecule has 6 nitrogen and oxygen atoms in total. The van der Waals surface area contributed by atoms with Gasteiger partial charge in [-0.05, 0) is 24.8 Å². The van der Waals surface area contributed by atoms with Gasteiger partial charge in [0.2, 0.25) is 0 Å². The van der Waals surface area contributed by atoms with E-state index in [-0.39, 0.29) is 5.41 Å². The monoisotopic (exact) mass is 357 g/mol. The molecule has 2 N–H and O–H groups in total. The highest BCUT2D eigenvalue weighted by molar-refractivity contribution is 5.72. The SMILES string of the molecule is CC(C)(C[C@@]1(C)OC(=O)N(CCc2cnc[nH]2)[C@@]1(C)O)c1ccccc1. The summed E-state index contributed by atoms with van der Waals surface area (Å²) < 4.78 is 5.72. The van der Waals surface area contributed by atoms with Crippen LogP contribution in [-0.4, -0.2) is 43.9 Å². The summed E-state index contributed by atoms with van der Waals surface area (Å²) in [5.74, 6) is 0. The number of carbonyl (C=O) groups is 1. The van der Waals surface area contributed by atoms with Crippen molar-refractivity contribution in [3.63, 3.8) is 0 Å². The minimum Gasteiger partial charge on any atom is -0.438 e. The normalized spacial score (nSPS) is 26.2. The first-order chi connectivity index (χ1) is 12.2. The predicted octanol–water partition coefficient (Wildman–Crippen LogP) is 3.24. The van der Waals surface area contributed by atoms with E-state index in [1.807, 2.05) is 25.1 Å². The van der Waals surface area contributed by atoms with Gasteiger partial charge in [0.15, 0.2) is 11.3 Å². The second kappa shape index (κ2) is 6.43. The number of hydrogen-bond acceptors (Lipinski definition) is 4. The van der Waals surface area contributed by atoms with Gasteiger partial charge in [-0.25, -0.2) is 9.78 Å². The highest BCUT2D eigenvalue weighted by Crippen LogP contribution is 2.45. The Morgan fingerprint density at radius 1 is 1.27 bits per heavy atom. The molecule has 0 unspecified atom stereocenters. The number of aromatic nitrogens is 2. The van der Waals surface area contributed by atoms with Crippen molar-refractivity contribution in [2.45, 2.75) is 57.3 Å². The highest BCUT2D eigenvalue weighted by Gasteiger charge is 2.60. The first-order valence-corrected chi connectivity index (χ1v) is 8.91. The van der Waals surface area contributed by atoms with Crippen LogP contribution in [0.5, 0.6) is 0 Å². The summed E-state index contributed by atoms with van der Waals surface area (Å²) in [7, 11) is 0. The number of carbonyl (C=O) groups excluding carboxylic acids is 1. The van der Waals surface area contributed by atoms with Gasteiger partial charge in [0, 0.05) is 31.3 Å².